The van der Waals surface area contributed by atoms with E-state index >= 15 is 0 Å². The van der Waals surface area contributed by atoms with E-state index < -0.39 is 18.3 Å². The molecule has 6 nitrogen and oxygen atoms in total. The van der Waals surface area contributed by atoms with Gasteiger partial charge in [0, 0.05) is 11.1 Å². The summed E-state index contributed by atoms with van der Waals surface area (Å²) in [6, 6.07) is 11.2. The number of carbonyl (C=O) groups is 2. The molecule has 1 N–H and O–H groups in total. The molecular formula is C31H45BN2O4. The molecule has 2 aromatic carbocycles. The van der Waals surface area contributed by atoms with Crippen LogP contribution < -0.4 is 10.9 Å². The fourth-order valence-electron chi connectivity index (χ4n) is 5.02. The van der Waals surface area contributed by atoms with Gasteiger partial charge >= 0.3 is 7.12 Å². The molecule has 1 aliphatic rings. The van der Waals surface area contributed by atoms with Crippen LogP contribution in [0.1, 0.15) is 106 Å². The number of nitrogens with one attached hydrogen (secondary N) is 1. The third-order valence-corrected chi connectivity index (χ3v) is 7.91. The van der Waals surface area contributed by atoms with E-state index in [1.165, 1.54) is 0 Å². The largest absolute Gasteiger partial charge is 0.495 e. The lowest BCUT2D eigenvalue weighted by Gasteiger charge is -2.40. The Morgan fingerprint density at radius 3 is 2.03 bits per heavy atom. The van der Waals surface area contributed by atoms with E-state index in [0.717, 1.165) is 35.0 Å². The van der Waals surface area contributed by atoms with Crippen LogP contribution in [0.15, 0.2) is 36.4 Å². The second-order valence-corrected chi connectivity index (χ2v) is 12.8. The standard InChI is InChI=1S/C31H45BN2O4/c1-12-14-26(29(5,6)7)34(28(36)23-18-20(2)17-21(3)19-23)33-27(35)24-15-13-16-25(22(24)4)32-37-30(8,9)31(10,11)38-32/h13,15-19,26H,12,14H2,1-11H3,(H,33,35)/t26-/m1/s1. The van der Waals surface area contributed by atoms with Gasteiger partial charge in [0.1, 0.15) is 0 Å². The monoisotopic (exact) mass is 520 g/mol. The third-order valence-electron chi connectivity index (χ3n) is 7.91. The summed E-state index contributed by atoms with van der Waals surface area (Å²) in [6.45, 7) is 22.3. The molecule has 1 atom stereocenters. The average molecular weight is 521 g/mol. The maximum absolute atomic E-state index is 14.0. The van der Waals surface area contributed by atoms with Gasteiger partial charge in [-0.05, 0) is 89.5 Å². The molecule has 3 rings (SSSR count). The van der Waals surface area contributed by atoms with E-state index in [4.69, 9.17) is 9.31 Å². The van der Waals surface area contributed by atoms with E-state index in [2.05, 4.69) is 33.1 Å². The van der Waals surface area contributed by atoms with Crippen LogP contribution in [0.25, 0.3) is 0 Å². The van der Waals surface area contributed by atoms with Crippen LogP contribution >= 0.6 is 0 Å². The van der Waals surface area contributed by atoms with Gasteiger partial charge in [0.15, 0.2) is 0 Å². The van der Waals surface area contributed by atoms with E-state index in [9.17, 15) is 9.59 Å². The Morgan fingerprint density at radius 1 is 0.974 bits per heavy atom. The Balaban J connectivity index is 2.00. The molecule has 0 radical (unpaired) electrons. The van der Waals surface area contributed by atoms with Crippen molar-refractivity contribution in [3.63, 3.8) is 0 Å². The van der Waals surface area contributed by atoms with Gasteiger partial charge in [-0.3, -0.25) is 15.0 Å². The lowest BCUT2D eigenvalue weighted by atomic mass is 9.75. The molecule has 0 bridgehead atoms. The summed E-state index contributed by atoms with van der Waals surface area (Å²) in [6.07, 6.45) is 1.64. The summed E-state index contributed by atoms with van der Waals surface area (Å²) in [7, 11) is -0.580. The van der Waals surface area contributed by atoms with Gasteiger partial charge in [0.05, 0.1) is 17.2 Å². The maximum Gasteiger partial charge on any atom is 0.495 e. The van der Waals surface area contributed by atoms with Gasteiger partial charge in [-0.15, -0.1) is 0 Å². The molecule has 1 aliphatic heterocycles. The molecule has 0 unspecified atom stereocenters. The first kappa shape index (κ1) is 29.9. The number of hydrogen-bond donors (Lipinski definition) is 1. The van der Waals surface area contributed by atoms with E-state index in [-0.39, 0.29) is 23.3 Å². The van der Waals surface area contributed by atoms with E-state index in [1.807, 2.05) is 78.8 Å². The number of nitrogens with zero attached hydrogens (tertiary/aromatic N) is 1. The predicted octanol–water partition coefficient (Wildman–Crippen LogP) is 5.91. The van der Waals surface area contributed by atoms with Crippen molar-refractivity contribution in [3.05, 3.63) is 64.2 Å². The van der Waals surface area contributed by atoms with Crippen molar-refractivity contribution in [2.45, 2.75) is 106 Å². The van der Waals surface area contributed by atoms with Crippen LogP contribution in [0.3, 0.4) is 0 Å². The van der Waals surface area contributed by atoms with Crippen LogP contribution in [0, 0.1) is 26.2 Å². The molecule has 7 heteroatoms. The SMILES string of the molecule is CCC[C@@H](N(NC(=O)c1cccc(B2OC(C)(C)C(C)(C)O2)c1C)C(=O)c1cc(C)cc(C)c1)C(C)(C)C. The normalized spacial score (nSPS) is 17.3. The minimum atomic E-state index is -0.580. The molecule has 0 aromatic heterocycles. The second kappa shape index (κ2) is 10.9. The summed E-state index contributed by atoms with van der Waals surface area (Å²) in [5, 5.41) is 1.56. The fourth-order valence-corrected chi connectivity index (χ4v) is 5.02. The number of rotatable bonds is 6. The number of amides is 2. The van der Waals surface area contributed by atoms with Crippen molar-refractivity contribution in [1.29, 1.82) is 0 Å². The van der Waals surface area contributed by atoms with Crippen molar-refractivity contribution in [2.75, 3.05) is 0 Å². The fraction of sp³-hybridized carbons (Fsp3) is 0.548. The zero-order chi connectivity index (χ0) is 28.6. The molecule has 2 amide bonds. The molecule has 2 aromatic rings. The minimum Gasteiger partial charge on any atom is -0.399 e. The molecule has 0 aliphatic carbocycles. The summed E-state index contributed by atoms with van der Waals surface area (Å²) < 4.78 is 12.5. The van der Waals surface area contributed by atoms with Crippen LogP contribution in [0.4, 0.5) is 0 Å². The zero-order valence-corrected chi connectivity index (χ0v) is 25.1. The highest BCUT2D eigenvalue weighted by atomic mass is 16.7. The highest BCUT2D eigenvalue weighted by molar-refractivity contribution is 6.62. The highest BCUT2D eigenvalue weighted by Crippen LogP contribution is 2.37. The first-order valence-electron chi connectivity index (χ1n) is 13.7. The second-order valence-electron chi connectivity index (χ2n) is 12.8. The van der Waals surface area contributed by atoms with Crippen molar-refractivity contribution in [3.8, 4) is 0 Å². The number of carbonyl (C=O) groups excluding carboxylic acids is 2. The first-order valence-corrected chi connectivity index (χ1v) is 13.7. The molecule has 0 spiro atoms. The summed E-state index contributed by atoms with van der Waals surface area (Å²) in [5.74, 6) is -0.540. The van der Waals surface area contributed by atoms with Crippen LogP contribution in [0.5, 0.6) is 0 Å². The van der Waals surface area contributed by atoms with Crippen LogP contribution in [0.2, 0.25) is 0 Å². The maximum atomic E-state index is 14.0. The highest BCUT2D eigenvalue weighted by Gasteiger charge is 2.52. The van der Waals surface area contributed by atoms with Gasteiger partial charge in [-0.2, -0.15) is 0 Å². The zero-order valence-electron chi connectivity index (χ0n) is 25.1. The van der Waals surface area contributed by atoms with Gasteiger partial charge in [0.25, 0.3) is 11.8 Å². The molecular weight excluding hydrogens is 475 g/mol. The average Bonchev–Trinajstić information content (AvgIpc) is 3.00. The van der Waals surface area contributed by atoms with E-state index in [0.29, 0.717) is 11.1 Å². The molecule has 206 valence electrons. The summed E-state index contributed by atoms with van der Waals surface area (Å²) in [4.78, 5) is 27.8. The van der Waals surface area contributed by atoms with Crippen molar-refractivity contribution in [1.82, 2.24) is 10.4 Å². The summed E-state index contributed by atoms with van der Waals surface area (Å²) >= 11 is 0. The predicted molar refractivity (Wildman–Crippen MR) is 155 cm³/mol. The van der Waals surface area contributed by atoms with Crippen molar-refractivity contribution >= 4 is 24.4 Å². The molecule has 1 fully saturated rings. The van der Waals surface area contributed by atoms with Crippen LogP contribution in [-0.4, -0.2) is 41.2 Å². The van der Waals surface area contributed by atoms with Crippen molar-refractivity contribution in [2.24, 2.45) is 5.41 Å². The Morgan fingerprint density at radius 2 is 1.53 bits per heavy atom. The van der Waals surface area contributed by atoms with Gasteiger partial charge in [0.2, 0.25) is 0 Å². The van der Waals surface area contributed by atoms with Gasteiger partial charge in [-0.1, -0.05) is 63.4 Å². The van der Waals surface area contributed by atoms with Gasteiger partial charge in [-0.25, -0.2) is 5.01 Å². The Kier molecular flexibility index (Phi) is 8.55. The lowest BCUT2D eigenvalue weighted by Crippen LogP contribution is -2.56. The quantitative estimate of drug-likeness (QED) is 0.380. The third kappa shape index (κ3) is 6.15. The molecule has 0 saturated carbocycles. The molecule has 38 heavy (non-hydrogen) atoms. The number of benzene rings is 2. The molecule has 1 saturated heterocycles. The smallest absolute Gasteiger partial charge is 0.399 e. The number of hydrazine groups is 1. The Hall–Kier alpha value is -2.64. The summed E-state index contributed by atoms with van der Waals surface area (Å²) in [5.41, 5.74) is 6.43. The van der Waals surface area contributed by atoms with Gasteiger partial charge < -0.3 is 9.31 Å². The topological polar surface area (TPSA) is 67.9 Å². The first-order chi connectivity index (χ1) is 17.5. The lowest BCUT2D eigenvalue weighted by molar-refractivity contribution is 0.00578. The number of hydrogen-bond acceptors (Lipinski definition) is 4. The van der Waals surface area contributed by atoms with E-state index in [1.54, 1.807) is 11.1 Å². The van der Waals surface area contributed by atoms with Crippen molar-refractivity contribution < 1.29 is 18.9 Å². The van der Waals surface area contributed by atoms with Crippen LogP contribution in [-0.2, 0) is 9.31 Å². The Bertz CT molecular complexity index is 1160. The number of aryl methyl sites for hydroxylation is 2. The molecule has 1 heterocycles. The minimum absolute atomic E-state index is 0.198. The Labute approximate surface area is 229 Å².